The first-order valence-corrected chi connectivity index (χ1v) is 6.90. The molecule has 2 aliphatic heterocycles. The maximum absolute atomic E-state index is 11.7. The molecule has 4 nitrogen and oxygen atoms in total. The number of amides is 1. The van der Waals surface area contributed by atoms with E-state index >= 15 is 0 Å². The topological polar surface area (TPSA) is 43.8 Å². The van der Waals surface area contributed by atoms with Gasteiger partial charge in [0.05, 0.1) is 6.10 Å². The van der Waals surface area contributed by atoms with E-state index in [0.717, 1.165) is 58.3 Å². The van der Waals surface area contributed by atoms with Gasteiger partial charge in [0, 0.05) is 32.1 Å². The lowest BCUT2D eigenvalue weighted by Crippen LogP contribution is -2.49. The van der Waals surface area contributed by atoms with Crippen LogP contribution in [0, 0.1) is 0 Å². The fraction of sp³-hybridized carbons (Fsp3) is 0.923. The Labute approximate surface area is 104 Å². The zero-order valence-electron chi connectivity index (χ0n) is 10.8. The summed E-state index contributed by atoms with van der Waals surface area (Å²) in [6.45, 7) is 5.72. The molecule has 17 heavy (non-hydrogen) atoms. The third-order valence-corrected chi connectivity index (χ3v) is 3.97. The van der Waals surface area contributed by atoms with Crippen molar-refractivity contribution in [2.75, 3.05) is 26.2 Å². The van der Waals surface area contributed by atoms with Crippen LogP contribution in [-0.4, -0.2) is 59.1 Å². The molecule has 2 unspecified atom stereocenters. The minimum absolute atomic E-state index is 0.219. The molecule has 0 aromatic carbocycles. The lowest BCUT2D eigenvalue weighted by Gasteiger charge is -2.38. The summed E-state index contributed by atoms with van der Waals surface area (Å²) in [6, 6.07) is 0.391. The first-order chi connectivity index (χ1) is 8.20. The van der Waals surface area contributed by atoms with Crippen molar-refractivity contribution >= 4 is 5.91 Å². The number of aliphatic hydroxyl groups is 1. The van der Waals surface area contributed by atoms with Gasteiger partial charge >= 0.3 is 0 Å². The van der Waals surface area contributed by atoms with Crippen LogP contribution in [0.15, 0.2) is 0 Å². The number of hydrogen-bond acceptors (Lipinski definition) is 3. The minimum atomic E-state index is -0.219. The number of aliphatic hydroxyl groups excluding tert-OH is 1. The Morgan fingerprint density at radius 2 is 2.24 bits per heavy atom. The second kappa shape index (κ2) is 5.83. The van der Waals surface area contributed by atoms with Crippen LogP contribution in [0.4, 0.5) is 0 Å². The summed E-state index contributed by atoms with van der Waals surface area (Å²) < 4.78 is 0. The van der Waals surface area contributed by atoms with Crippen molar-refractivity contribution in [1.82, 2.24) is 9.80 Å². The van der Waals surface area contributed by atoms with Crippen LogP contribution in [0.25, 0.3) is 0 Å². The Bertz CT molecular complexity index is 270. The zero-order valence-corrected chi connectivity index (χ0v) is 10.8. The molecule has 2 aliphatic rings. The summed E-state index contributed by atoms with van der Waals surface area (Å²) in [7, 11) is 0. The monoisotopic (exact) mass is 240 g/mol. The molecule has 2 saturated heterocycles. The minimum Gasteiger partial charge on any atom is -0.392 e. The average molecular weight is 240 g/mol. The van der Waals surface area contributed by atoms with Gasteiger partial charge in [-0.15, -0.1) is 0 Å². The second-order valence-corrected chi connectivity index (χ2v) is 5.31. The number of carbonyl (C=O) groups is 1. The molecule has 2 fully saturated rings. The molecule has 0 bridgehead atoms. The summed E-state index contributed by atoms with van der Waals surface area (Å²) >= 11 is 0. The first-order valence-electron chi connectivity index (χ1n) is 6.90. The van der Waals surface area contributed by atoms with E-state index in [1.165, 1.54) is 0 Å². The molecule has 0 aromatic rings. The van der Waals surface area contributed by atoms with E-state index in [4.69, 9.17) is 0 Å². The molecule has 1 amide bonds. The Morgan fingerprint density at radius 1 is 1.41 bits per heavy atom. The Kier molecular flexibility index (Phi) is 4.40. The summed E-state index contributed by atoms with van der Waals surface area (Å²) in [5.74, 6) is 0.327. The van der Waals surface area contributed by atoms with Gasteiger partial charge in [0.1, 0.15) is 0 Å². The molecule has 98 valence electrons. The molecule has 0 radical (unpaired) electrons. The van der Waals surface area contributed by atoms with Crippen LogP contribution in [0.3, 0.4) is 0 Å². The van der Waals surface area contributed by atoms with Crippen molar-refractivity contribution in [2.45, 2.75) is 51.2 Å². The Balaban J connectivity index is 1.86. The SMILES string of the molecule is CCC(O)CN1CCCC(N2CCCC2=O)C1. The fourth-order valence-corrected chi connectivity index (χ4v) is 2.93. The molecule has 4 heteroatoms. The van der Waals surface area contributed by atoms with E-state index < -0.39 is 0 Å². The van der Waals surface area contributed by atoms with Gasteiger partial charge in [-0.05, 0) is 32.2 Å². The van der Waals surface area contributed by atoms with Gasteiger partial charge in [0.15, 0.2) is 0 Å². The van der Waals surface area contributed by atoms with Crippen LogP contribution < -0.4 is 0 Å². The molecule has 1 N–H and O–H groups in total. The van der Waals surface area contributed by atoms with Crippen molar-refractivity contribution in [1.29, 1.82) is 0 Å². The van der Waals surface area contributed by atoms with Crippen LogP contribution in [0.1, 0.15) is 39.0 Å². The third-order valence-electron chi connectivity index (χ3n) is 3.97. The zero-order chi connectivity index (χ0) is 12.3. The maximum Gasteiger partial charge on any atom is 0.222 e. The van der Waals surface area contributed by atoms with Gasteiger partial charge in [-0.1, -0.05) is 6.92 Å². The van der Waals surface area contributed by atoms with Crippen molar-refractivity contribution in [3.63, 3.8) is 0 Å². The number of piperidine rings is 1. The highest BCUT2D eigenvalue weighted by Crippen LogP contribution is 2.21. The normalized spacial score (nSPS) is 28.7. The van der Waals surface area contributed by atoms with Gasteiger partial charge in [0.2, 0.25) is 5.91 Å². The van der Waals surface area contributed by atoms with Gasteiger partial charge < -0.3 is 10.0 Å². The summed E-state index contributed by atoms with van der Waals surface area (Å²) in [5.41, 5.74) is 0. The van der Waals surface area contributed by atoms with Crippen molar-refractivity contribution in [3.05, 3.63) is 0 Å². The van der Waals surface area contributed by atoms with Crippen LogP contribution in [0.2, 0.25) is 0 Å². The first kappa shape index (κ1) is 12.8. The van der Waals surface area contributed by atoms with Gasteiger partial charge in [-0.2, -0.15) is 0 Å². The molecular formula is C13H24N2O2. The molecular weight excluding hydrogens is 216 g/mol. The van der Waals surface area contributed by atoms with E-state index in [9.17, 15) is 9.90 Å². The number of carbonyl (C=O) groups excluding carboxylic acids is 1. The van der Waals surface area contributed by atoms with Crippen molar-refractivity contribution in [3.8, 4) is 0 Å². The number of hydrogen-bond donors (Lipinski definition) is 1. The van der Waals surface area contributed by atoms with Gasteiger partial charge in [-0.25, -0.2) is 0 Å². The molecule has 0 saturated carbocycles. The predicted octanol–water partition coefficient (Wildman–Crippen LogP) is 0.844. The summed E-state index contributed by atoms with van der Waals surface area (Å²) in [5, 5.41) is 9.69. The van der Waals surface area contributed by atoms with Crippen LogP contribution >= 0.6 is 0 Å². The number of β-amino-alcohol motifs (C(OH)–C–C–N with tert-alkyl or cyclic N) is 1. The van der Waals surface area contributed by atoms with E-state index in [-0.39, 0.29) is 6.10 Å². The molecule has 2 rings (SSSR count). The lowest BCUT2D eigenvalue weighted by molar-refractivity contribution is -0.130. The fourth-order valence-electron chi connectivity index (χ4n) is 2.93. The quantitative estimate of drug-likeness (QED) is 0.792. The number of rotatable bonds is 4. The van der Waals surface area contributed by atoms with Crippen molar-refractivity contribution < 1.29 is 9.90 Å². The molecule has 2 atom stereocenters. The van der Waals surface area contributed by atoms with Gasteiger partial charge in [0.25, 0.3) is 0 Å². The van der Waals surface area contributed by atoms with E-state index in [0.29, 0.717) is 11.9 Å². The van der Waals surface area contributed by atoms with Crippen molar-refractivity contribution in [2.24, 2.45) is 0 Å². The Morgan fingerprint density at radius 3 is 2.88 bits per heavy atom. The largest absolute Gasteiger partial charge is 0.392 e. The number of nitrogens with zero attached hydrogens (tertiary/aromatic N) is 2. The smallest absolute Gasteiger partial charge is 0.222 e. The highest BCUT2D eigenvalue weighted by Gasteiger charge is 2.31. The van der Waals surface area contributed by atoms with E-state index in [1.54, 1.807) is 0 Å². The standard InChI is InChI=1S/C13H24N2O2/c1-2-12(16)10-14-7-3-5-11(9-14)15-8-4-6-13(15)17/h11-12,16H,2-10H2,1H3. The highest BCUT2D eigenvalue weighted by atomic mass is 16.3. The molecule has 0 aromatic heterocycles. The van der Waals surface area contributed by atoms with E-state index in [1.807, 2.05) is 6.92 Å². The average Bonchev–Trinajstić information content (AvgIpc) is 2.75. The maximum atomic E-state index is 11.7. The predicted molar refractivity (Wildman–Crippen MR) is 66.7 cm³/mol. The number of likely N-dealkylation sites (tertiary alicyclic amines) is 2. The van der Waals surface area contributed by atoms with Crippen LogP contribution in [-0.2, 0) is 4.79 Å². The summed E-state index contributed by atoms with van der Waals surface area (Å²) in [6.07, 6.45) is 4.61. The van der Waals surface area contributed by atoms with E-state index in [2.05, 4.69) is 9.80 Å². The second-order valence-electron chi connectivity index (χ2n) is 5.31. The molecule has 0 aliphatic carbocycles. The highest BCUT2D eigenvalue weighted by molar-refractivity contribution is 5.78. The lowest BCUT2D eigenvalue weighted by atomic mass is 10.0. The molecule has 2 heterocycles. The molecule has 0 spiro atoms. The van der Waals surface area contributed by atoms with Crippen LogP contribution in [0.5, 0.6) is 0 Å². The summed E-state index contributed by atoms with van der Waals surface area (Å²) in [4.78, 5) is 16.1. The third kappa shape index (κ3) is 3.19. The van der Waals surface area contributed by atoms with Gasteiger partial charge in [-0.3, -0.25) is 9.69 Å². The Hall–Kier alpha value is -0.610.